The van der Waals surface area contributed by atoms with Crippen molar-refractivity contribution in [1.29, 1.82) is 0 Å². The van der Waals surface area contributed by atoms with Crippen LogP contribution < -0.4 is 15.0 Å². The average Bonchev–Trinajstić information content (AvgIpc) is 3.09. The predicted molar refractivity (Wildman–Crippen MR) is 102 cm³/mol. The van der Waals surface area contributed by atoms with Crippen molar-refractivity contribution in [2.45, 2.75) is 12.1 Å². The minimum Gasteiger partial charge on any atom is -0.484 e. The normalized spacial score (nSPS) is 17.2. The van der Waals surface area contributed by atoms with Gasteiger partial charge in [0.25, 0.3) is 0 Å². The first-order valence-electron chi connectivity index (χ1n) is 9.02. The van der Waals surface area contributed by atoms with Crippen LogP contribution in [0.25, 0.3) is 10.2 Å². The van der Waals surface area contributed by atoms with Gasteiger partial charge in [-0.1, -0.05) is 0 Å². The van der Waals surface area contributed by atoms with E-state index in [1.165, 1.54) is 23.5 Å². The second kappa shape index (κ2) is 7.07. The van der Waals surface area contributed by atoms with Gasteiger partial charge in [0.1, 0.15) is 23.2 Å². The Morgan fingerprint density at radius 2 is 1.86 bits per heavy atom. The molecular weight excluding hydrogens is 402 g/mol. The first kappa shape index (κ1) is 18.0. The van der Waals surface area contributed by atoms with Crippen LogP contribution in [-0.4, -0.2) is 64.2 Å². The van der Waals surface area contributed by atoms with E-state index in [1.807, 2.05) is 4.90 Å². The van der Waals surface area contributed by atoms with Crippen LogP contribution in [-0.2, 0) is 0 Å². The zero-order valence-corrected chi connectivity index (χ0v) is 15.9. The lowest BCUT2D eigenvalue weighted by Crippen LogP contribution is -2.65. The zero-order chi connectivity index (χ0) is 20.0. The second-order valence-corrected chi connectivity index (χ2v) is 7.89. The summed E-state index contributed by atoms with van der Waals surface area (Å²) in [5.41, 5.74) is 2.29. The molecule has 2 fully saturated rings. The van der Waals surface area contributed by atoms with Gasteiger partial charge in [-0.25, -0.2) is 28.5 Å². The van der Waals surface area contributed by atoms with E-state index < -0.39 is 5.82 Å². The third-order valence-corrected chi connectivity index (χ3v) is 5.67. The number of hydrogen-bond acceptors (Lipinski definition) is 7. The van der Waals surface area contributed by atoms with Crippen LogP contribution >= 0.6 is 11.3 Å². The smallest absolute Gasteiger partial charge is 0.317 e. The summed E-state index contributed by atoms with van der Waals surface area (Å²) in [5.74, 6) is -0.00853. The van der Waals surface area contributed by atoms with E-state index in [4.69, 9.17) is 4.74 Å². The molecule has 8 nitrogen and oxygen atoms in total. The Hall–Kier alpha value is -3.08. The Kier molecular flexibility index (Phi) is 4.38. The molecule has 1 N–H and O–H groups in total. The monoisotopic (exact) mass is 418 g/mol. The number of nitrogens with zero attached hydrogens (tertiary/aromatic N) is 5. The van der Waals surface area contributed by atoms with E-state index in [1.54, 1.807) is 10.4 Å². The van der Waals surface area contributed by atoms with E-state index in [9.17, 15) is 13.6 Å². The van der Waals surface area contributed by atoms with Crippen LogP contribution in [0.3, 0.4) is 0 Å². The van der Waals surface area contributed by atoms with Gasteiger partial charge in [0.15, 0.2) is 5.82 Å². The lowest BCUT2D eigenvalue weighted by molar-refractivity contribution is 0.0438. The molecule has 0 aliphatic carbocycles. The maximum Gasteiger partial charge on any atom is 0.317 e. The Labute approximate surface area is 168 Å². The fourth-order valence-electron chi connectivity index (χ4n) is 3.32. The Balaban J connectivity index is 1.10. The summed E-state index contributed by atoms with van der Waals surface area (Å²) >= 11 is 1.35. The molecule has 0 saturated carbocycles. The quantitative estimate of drug-likeness (QED) is 0.698. The van der Waals surface area contributed by atoms with Crippen LogP contribution in [0.15, 0.2) is 30.0 Å². The summed E-state index contributed by atoms with van der Waals surface area (Å²) in [5, 5.41) is 2.94. The number of halogens is 2. The van der Waals surface area contributed by atoms with Crippen molar-refractivity contribution in [2.24, 2.45) is 0 Å². The SMILES string of the molecule is O=C(NC1CN(c2ncc(F)cn2)C1)N1CC(Oc2cc(F)cc3scnc23)C1. The minimum absolute atomic E-state index is 0.0195. The molecule has 0 unspecified atom stereocenters. The highest BCUT2D eigenvalue weighted by molar-refractivity contribution is 7.16. The first-order chi connectivity index (χ1) is 14.0. The maximum atomic E-state index is 13.7. The number of amides is 2. The maximum absolute atomic E-state index is 13.7. The molecule has 2 aliphatic heterocycles. The third-order valence-electron chi connectivity index (χ3n) is 4.89. The summed E-state index contributed by atoms with van der Waals surface area (Å²) in [6.45, 7) is 1.98. The predicted octanol–water partition coefficient (Wildman–Crippen LogP) is 2.03. The van der Waals surface area contributed by atoms with Gasteiger partial charge in [-0.3, -0.25) is 0 Å². The molecule has 2 aliphatic rings. The van der Waals surface area contributed by atoms with Gasteiger partial charge < -0.3 is 19.9 Å². The number of carbonyl (C=O) groups excluding carboxylic acids is 1. The molecule has 3 aromatic rings. The molecule has 5 rings (SSSR count). The van der Waals surface area contributed by atoms with Crippen LogP contribution in [0.2, 0.25) is 0 Å². The second-order valence-electron chi connectivity index (χ2n) is 7.00. The highest BCUT2D eigenvalue weighted by Gasteiger charge is 2.36. The summed E-state index contributed by atoms with van der Waals surface area (Å²) in [7, 11) is 0. The molecule has 0 bridgehead atoms. The van der Waals surface area contributed by atoms with E-state index in [0.29, 0.717) is 43.4 Å². The number of hydrogen-bond donors (Lipinski definition) is 1. The van der Waals surface area contributed by atoms with Gasteiger partial charge in [-0.2, -0.15) is 0 Å². The van der Waals surface area contributed by atoms with Crippen molar-refractivity contribution >= 4 is 33.5 Å². The highest BCUT2D eigenvalue weighted by Crippen LogP contribution is 2.30. The fraction of sp³-hybridized carbons (Fsp3) is 0.333. The summed E-state index contributed by atoms with van der Waals surface area (Å²) in [6.07, 6.45) is 2.04. The molecule has 150 valence electrons. The number of aromatic nitrogens is 3. The van der Waals surface area contributed by atoms with Crippen LogP contribution in [0.5, 0.6) is 5.75 Å². The number of fused-ring (bicyclic) bond motifs is 1. The molecule has 0 radical (unpaired) electrons. The number of likely N-dealkylation sites (tertiary alicyclic amines) is 1. The Morgan fingerprint density at radius 1 is 1.10 bits per heavy atom. The van der Waals surface area contributed by atoms with E-state index in [2.05, 4.69) is 20.3 Å². The van der Waals surface area contributed by atoms with Gasteiger partial charge in [0.05, 0.1) is 41.7 Å². The van der Waals surface area contributed by atoms with Crippen molar-refractivity contribution in [1.82, 2.24) is 25.2 Å². The lowest BCUT2D eigenvalue weighted by atomic mass is 10.1. The third kappa shape index (κ3) is 3.53. The van der Waals surface area contributed by atoms with Crippen LogP contribution in [0, 0.1) is 11.6 Å². The largest absolute Gasteiger partial charge is 0.484 e. The van der Waals surface area contributed by atoms with Crippen molar-refractivity contribution in [2.75, 3.05) is 31.1 Å². The summed E-state index contributed by atoms with van der Waals surface area (Å²) in [4.78, 5) is 27.9. The standard InChI is InChI=1S/C18H16F2N6O2S/c19-10-1-14(16-15(2-10)29-9-23-16)28-13-7-26(8-13)18(27)24-12-5-25(6-12)17-21-3-11(20)4-22-17/h1-4,9,12-13H,5-8H2,(H,24,27). The molecule has 4 heterocycles. The number of anilines is 1. The molecule has 0 spiro atoms. The highest BCUT2D eigenvalue weighted by atomic mass is 32.1. The Morgan fingerprint density at radius 3 is 2.62 bits per heavy atom. The Bertz CT molecular complexity index is 1050. The summed E-state index contributed by atoms with van der Waals surface area (Å²) < 4.78 is 33.1. The molecule has 29 heavy (non-hydrogen) atoms. The average molecular weight is 418 g/mol. The topological polar surface area (TPSA) is 83.5 Å². The number of benzene rings is 1. The number of urea groups is 1. The van der Waals surface area contributed by atoms with Gasteiger partial charge in [0.2, 0.25) is 5.95 Å². The molecule has 2 amide bonds. The molecular formula is C18H16F2N6O2S. The number of nitrogens with one attached hydrogen (secondary N) is 1. The number of thiazole rings is 1. The van der Waals surface area contributed by atoms with Gasteiger partial charge in [-0.15, -0.1) is 11.3 Å². The lowest BCUT2D eigenvalue weighted by Gasteiger charge is -2.43. The minimum atomic E-state index is -0.484. The molecule has 2 aromatic heterocycles. The van der Waals surface area contributed by atoms with Crippen molar-refractivity contribution in [3.63, 3.8) is 0 Å². The molecule has 11 heteroatoms. The fourth-order valence-corrected chi connectivity index (χ4v) is 4.04. The van der Waals surface area contributed by atoms with Gasteiger partial charge in [-0.05, 0) is 6.07 Å². The van der Waals surface area contributed by atoms with Crippen LogP contribution in [0.4, 0.5) is 19.5 Å². The number of ether oxygens (including phenoxy) is 1. The number of rotatable bonds is 4. The van der Waals surface area contributed by atoms with Crippen molar-refractivity contribution in [3.8, 4) is 5.75 Å². The number of carbonyl (C=O) groups is 1. The van der Waals surface area contributed by atoms with Crippen LogP contribution in [0.1, 0.15) is 0 Å². The van der Waals surface area contributed by atoms with Gasteiger partial charge >= 0.3 is 6.03 Å². The molecule has 0 atom stereocenters. The molecule has 2 saturated heterocycles. The van der Waals surface area contributed by atoms with E-state index in [-0.39, 0.29) is 24.0 Å². The summed E-state index contributed by atoms with van der Waals surface area (Å²) in [6, 6.07) is 2.56. The van der Waals surface area contributed by atoms with E-state index >= 15 is 0 Å². The van der Waals surface area contributed by atoms with Crippen molar-refractivity contribution < 1.29 is 18.3 Å². The molecule has 1 aromatic carbocycles. The van der Waals surface area contributed by atoms with E-state index in [0.717, 1.165) is 17.1 Å². The first-order valence-corrected chi connectivity index (χ1v) is 9.90. The zero-order valence-electron chi connectivity index (χ0n) is 15.1. The van der Waals surface area contributed by atoms with Gasteiger partial charge in [0, 0.05) is 19.2 Å². The van der Waals surface area contributed by atoms with Crippen molar-refractivity contribution in [3.05, 3.63) is 41.7 Å².